The lowest BCUT2D eigenvalue weighted by molar-refractivity contribution is 1.36. The van der Waals surface area contributed by atoms with E-state index in [4.69, 9.17) is 0 Å². The molecule has 0 fully saturated rings. The standard InChI is InChI=1S/C15H11N/c1-2-6-12(7-3-1)15-11-16-10-13-8-4-5-9-14(13)15/h1-11H. The summed E-state index contributed by atoms with van der Waals surface area (Å²) in [6.07, 6.45) is 3.83. The van der Waals surface area contributed by atoms with E-state index in [-0.39, 0.29) is 0 Å². The maximum Gasteiger partial charge on any atom is 0.0352 e. The summed E-state index contributed by atoms with van der Waals surface area (Å²) >= 11 is 0. The van der Waals surface area contributed by atoms with Gasteiger partial charge in [0.1, 0.15) is 0 Å². The summed E-state index contributed by atoms with van der Waals surface area (Å²) in [6.45, 7) is 0. The van der Waals surface area contributed by atoms with Crippen molar-refractivity contribution in [2.45, 2.75) is 0 Å². The molecule has 0 radical (unpaired) electrons. The van der Waals surface area contributed by atoms with Crippen LogP contribution in [-0.2, 0) is 0 Å². The molecule has 1 nitrogen and oxygen atoms in total. The molecule has 0 aliphatic rings. The predicted octanol–water partition coefficient (Wildman–Crippen LogP) is 3.90. The van der Waals surface area contributed by atoms with Crippen LogP contribution in [0.4, 0.5) is 0 Å². The Balaban J connectivity index is 2.32. The lowest BCUT2D eigenvalue weighted by atomic mass is 10.0. The number of pyridine rings is 1. The first kappa shape index (κ1) is 9.10. The highest BCUT2D eigenvalue weighted by Gasteiger charge is 2.02. The number of nitrogens with zero attached hydrogens (tertiary/aromatic N) is 1. The first-order valence-corrected chi connectivity index (χ1v) is 5.33. The zero-order valence-electron chi connectivity index (χ0n) is 8.80. The molecule has 16 heavy (non-hydrogen) atoms. The van der Waals surface area contributed by atoms with E-state index in [0.29, 0.717) is 0 Å². The molecule has 3 rings (SSSR count). The quantitative estimate of drug-likeness (QED) is 0.587. The monoisotopic (exact) mass is 205 g/mol. The highest BCUT2D eigenvalue weighted by Crippen LogP contribution is 2.26. The van der Waals surface area contributed by atoms with Gasteiger partial charge in [0.05, 0.1) is 0 Å². The molecule has 0 amide bonds. The third-order valence-electron chi connectivity index (χ3n) is 2.75. The summed E-state index contributed by atoms with van der Waals surface area (Å²) in [5, 5.41) is 2.44. The number of rotatable bonds is 1. The number of benzene rings is 2. The van der Waals surface area contributed by atoms with Crippen LogP contribution < -0.4 is 0 Å². The van der Waals surface area contributed by atoms with Crippen molar-refractivity contribution in [1.82, 2.24) is 4.98 Å². The molecule has 1 heterocycles. The van der Waals surface area contributed by atoms with Gasteiger partial charge in [-0.25, -0.2) is 0 Å². The van der Waals surface area contributed by atoms with Gasteiger partial charge in [0.15, 0.2) is 0 Å². The van der Waals surface area contributed by atoms with Gasteiger partial charge in [-0.1, -0.05) is 54.6 Å². The zero-order valence-corrected chi connectivity index (χ0v) is 8.80. The van der Waals surface area contributed by atoms with Crippen molar-refractivity contribution in [3.05, 3.63) is 67.0 Å². The maximum atomic E-state index is 4.29. The molecule has 1 heteroatoms. The van der Waals surface area contributed by atoms with Crippen LogP contribution in [0.3, 0.4) is 0 Å². The number of aromatic nitrogens is 1. The molecule has 2 aromatic carbocycles. The first-order valence-electron chi connectivity index (χ1n) is 5.33. The lowest BCUT2D eigenvalue weighted by Gasteiger charge is -2.05. The second-order valence-corrected chi connectivity index (χ2v) is 3.77. The van der Waals surface area contributed by atoms with Crippen molar-refractivity contribution in [2.24, 2.45) is 0 Å². The van der Waals surface area contributed by atoms with Crippen molar-refractivity contribution in [2.75, 3.05) is 0 Å². The molecular weight excluding hydrogens is 194 g/mol. The van der Waals surface area contributed by atoms with Crippen molar-refractivity contribution in [1.29, 1.82) is 0 Å². The van der Waals surface area contributed by atoms with Gasteiger partial charge in [-0.2, -0.15) is 0 Å². The summed E-state index contributed by atoms with van der Waals surface area (Å²) < 4.78 is 0. The highest BCUT2D eigenvalue weighted by molar-refractivity contribution is 5.95. The Hall–Kier alpha value is -2.15. The maximum absolute atomic E-state index is 4.29. The minimum Gasteiger partial charge on any atom is -0.263 e. The van der Waals surface area contributed by atoms with Crippen LogP contribution in [0.1, 0.15) is 0 Å². The van der Waals surface area contributed by atoms with Crippen LogP contribution in [0.5, 0.6) is 0 Å². The Morgan fingerprint density at radius 3 is 2.31 bits per heavy atom. The summed E-state index contributed by atoms with van der Waals surface area (Å²) in [7, 11) is 0. The smallest absolute Gasteiger partial charge is 0.0352 e. The van der Waals surface area contributed by atoms with E-state index in [9.17, 15) is 0 Å². The van der Waals surface area contributed by atoms with E-state index in [0.717, 1.165) is 0 Å². The second kappa shape index (κ2) is 3.78. The van der Waals surface area contributed by atoms with Gasteiger partial charge in [-0.15, -0.1) is 0 Å². The van der Waals surface area contributed by atoms with E-state index in [1.807, 2.05) is 24.5 Å². The van der Waals surface area contributed by atoms with Crippen molar-refractivity contribution < 1.29 is 0 Å². The molecule has 0 saturated heterocycles. The average molecular weight is 205 g/mol. The van der Waals surface area contributed by atoms with Gasteiger partial charge in [-0.3, -0.25) is 4.98 Å². The average Bonchev–Trinajstić information content (AvgIpc) is 2.39. The molecule has 0 saturated carbocycles. The van der Waals surface area contributed by atoms with Gasteiger partial charge < -0.3 is 0 Å². The van der Waals surface area contributed by atoms with Crippen molar-refractivity contribution >= 4 is 10.8 Å². The fourth-order valence-corrected chi connectivity index (χ4v) is 1.96. The highest BCUT2D eigenvalue weighted by atomic mass is 14.6. The molecule has 0 N–H and O–H groups in total. The van der Waals surface area contributed by atoms with Crippen LogP contribution in [0.2, 0.25) is 0 Å². The Morgan fingerprint density at radius 1 is 0.688 bits per heavy atom. The largest absolute Gasteiger partial charge is 0.263 e. The lowest BCUT2D eigenvalue weighted by Crippen LogP contribution is -1.82. The molecule has 0 atom stereocenters. The van der Waals surface area contributed by atoms with Gasteiger partial charge in [-0.05, 0) is 10.9 Å². The summed E-state index contributed by atoms with van der Waals surface area (Å²) in [4.78, 5) is 4.29. The van der Waals surface area contributed by atoms with Crippen LogP contribution in [0.25, 0.3) is 21.9 Å². The Kier molecular flexibility index (Phi) is 2.15. The molecule has 0 aliphatic carbocycles. The third-order valence-corrected chi connectivity index (χ3v) is 2.75. The van der Waals surface area contributed by atoms with Crippen molar-refractivity contribution in [3.63, 3.8) is 0 Å². The molecule has 0 spiro atoms. The van der Waals surface area contributed by atoms with E-state index >= 15 is 0 Å². The van der Waals surface area contributed by atoms with Gasteiger partial charge >= 0.3 is 0 Å². The topological polar surface area (TPSA) is 12.9 Å². The summed E-state index contributed by atoms with van der Waals surface area (Å²) in [6, 6.07) is 18.7. The number of fused-ring (bicyclic) bond motifs is 1. The minimum absolute atomic E-state index is 1.18. The Labute approximate surface area is 94.4 Å². The molecule has 0 bridgehead atoms. The van der Waals surface area contributed by atoms with Gasteiger partial charge in [0, 0.05) is 23.3 Å². The van der Waals surface area contributed by atoms with E-state index in [1.165, 1.54) is 21.9 Å². The number of hydrogen-bond donors (Lipinski definition) is 0. The van der Waals surface area contributed by atoms with Crippen LogP contribution in [0, 0.1) is 0 Å². The third kappa shape index (κ3) is 1.47. The van der Waals surface area contributed by atoms with Crippen LogP contribution in [0.15, 0.2) is 67.0 Å². The summed E-state index contributed by atoms with van der Waals surface area (Å²) in [5.41, 5.74) is 2.41. The fourth-order valence-electron chi connectivity index (χ4n) is 1.96. The minimum atomic E-state index is 1.18. The van der Waals surface area contributed by atoms with Crippen LogP contribution >= 0.6 is 0 Å². The van der Waals surface area contributed by atoms with Gasteiger partial charge in [0.2, 0.25) is 0 Å². The number of hydrogen-bond acceptors (Lipinski definition) is 1. The Bertz CT molecular complexity index is 609. The van der Waals surface area contributed by atoms with E-state index < -0.39 is 0 Å². The second-order valence-electron chi connectivity index (χ2n) is 3.77. The van der Waals surface area contributed by atoms with Gasteiger partial charge in [0.25, 0.3) is 0 Å². The van der Waals surface area contributed by atoms with Crippen molar-refractivity contribution in [3.8, 4) is 11.1 Å². The summed E-state index contributed by atoms with van der Waals surface area (Å²) in [5.74, 6) is 0. The molecule has 1 aromatic heterocycles. The zero-order chi connectivity index (χ0) is 10.8. The molecule has 3 aromatic rings. The molecule has 0 aliphatic heterocycles. The first-order chi connectivity index (χ1) is 7.95. The predicted molar refractivity (Wildman–Crippen MR) is 67.2 cm³/mol. The molecule has 0 unspecified atom stereocenters. The SMILES string of the molecule is c1ccc(-c2cncc3ccccc23)cc1. The van der Waals surface area contributed by atoms with Crippen LogP contribution in [-0.4, -0.2) is 4.98 Å². The Morgan fingerprint density at radius 2 is 1.44 bits per heavy atom. The van der Waals surface area contributed by atoms with E-state index in [2.05, 4.69) is 47.4 Å². The molecular formula is C15H11N. The van der Waals surface area contributed by atoms with E-state index in [1.54, 1.807) is 0 Å². The normalized spacial score (nSPS) is 10.5. The fraction of sp³-hybridized carbons (Fsp3) is 0. The molecule has 76 valence electrons.